The van der Waals surface area contributed by atoms with Crippen LogP contribution < -0.4 is 10.9 Å². The molecule has 2 rings (SSSR count). The molecule has 2 N–H and O–H groups in total. The molecule has 1 aromatic heterocycles. The number of rotatable bonds is 1. The molecular formula is C11H11N3O2. The van der Waals surface area contributed by atoms with Gasteiger partial charge in [0.25, 0.3) is 5.56 Å². The van der Waals surface area contributed by atoms with Crippen LogP contribution in [0.15, 0.2) is 23.0 Å². The quantitative estimate of drug-likeness (QED) is 0.753. The number of aromatic nitrogens is 2. The minimum absolute atomic E-state index is 0.175. The first-order valence-corrected chi connectivity index (χ1v) is 4.84. The normalized spacial score (nSPS) is 10.4. The monoisotopic (exact) mass is 217 g/mol. The molecule has 16 heavy (non-hydrogen) atoms. The summed E-state index contributed by atoms with van der Waals surface area (Å²) >= 11 is 0. The van der Waals surface area contributed by atoms with Crippen molar-refractivity contribution >= 4 is 22.8 Å². The van der Waals surface area contributed by atoms with Gasteiger partial charge in [0, 0.05) is 6.92 Å². The molecular weight excluding hydrogens is 206 g/mol. The average Bonchev–Trinajstić information content (AvgIpc) is 2.18. The lowest BCUT2D eigenvalue weighted by atomic mass is 10.2. The van der Waals surface area contributed by atoms with Crippen molar-refractivity contribution in [1.29, 1.82) is 0 Å². The van der Waals surface area contributed by atoms with E-state index in [0.29, 0.717) is 10.9 Å². The van der Waals surface area contributed by atoms with E-state index in [1.54, 1.807) is 12.1 Å². The maximum absolute atomic E-state index is 11.7. The number of hydrogen-bond donors (Lipinski definition) is 2. The zero-order valence-electron chi connectivity index (χ0n) is 9.00. The number of hydrogen-bond acceptors (Lipinski definition) is 3. The van der Waals surface area contributed by atoms with E-state index < -0.39 is 0 Å². The largest absolute Gasteiger partial charge is 0.296 e. The van der Waals surface area contributed by atoms with Crippen LogP contribution in [0, 0.1) is 6.92 Å². The van der Waals surface area contributed by atoms with Crippen LogP contribution in [0.2, 0.25) is 0 Å². The highest BCUT2D eigenvalue weighted by molar-refractivity contribution is 5.88. The maximum atomic E-state index is 11.7. The fourth-order valence-corrected chi connectivity index (χ4v) is 1.48. The number of anilines is 1. The molecule has 0 fully saturated rings. The second kappa shape index (κ2) is 3.77. The molecule has 0 aliphatic rings. The number of aromatic amines is 1. The van der Waals surface area contributed by atoms with E-state index in [9.17, 15) is 9.59 Å². The van der Waals surface area contributed by atoms with E-state index in [0.717, 1.165) is 5.56 Å². The Labute approximate surface area is 91.5 Å². The fourth-order valence-electron chi connectivity index (χ4n) is 1.48. The molecule has 0 saturated heterocycles. The van der Waals surface area contributed by atoms with E-state index in [1.807, 2.05) is 13.0 Å². The van der Waals surface area contributed by atoms with Crippen molar-refractivity contribution in [2.24, 2.45) is 0 Å². The summed E-state index contributed by atoms with van der Waals surface area (Å²) in [6.45, 7) is 3.26. The summed E-state index contributed by atoms with van der Waals surface area (Å²) < 4.78 is 0. The zero-order valence-corrected chi connectivity index (χ0v) is 9.00. The van der Waals surface area contributed by atoms with Gasteiger partial charge >= 0.3 is 0 Å². The van der Waals surface area contributed by atoms with E-state index in [4.69, 9.17) is 0 Å². The van der Waals surface area contributed by atoms with Gasteiger partial charge in [0.1, 0.15) is 0 Å². The number of carbonyl (C=O) groups excluding carboxylic acids is 1. The highest BCUT2D eigenvalue weighted by Crippen LogP contribution is 2.10. The zero-order chi connectivity index (χ0) is 11.7. The molecule has 0 aliphatic heterocycles. The molecule has 1 amide bonds. The van der Waals surface area contributed by atoms with Gasteiger partial charge in [0.2, 0.25) is 11.9 Å². The smallest absolute Gasteiger partial charge is 0.260 e. The number of benzene rings is 1. The third-order valence-electron chi connectivity index (χ3n) is 2.16. The van der Waals surface area contributed by atoms with Crippen LogP contribution in [0.25, 0.3) is 10.9 Å². The lowest BCUT2D eigenvalue weighted by Crippen LogP contribution is -2.16. The predicted molar refractivity (Wildman–Crippen MR) is 61.4 cm³/mol. The van der Waals surface area contributed by atoms with Crippen molar-refractivity contribution in [3.63, 3.8) is 0 Å². The van der Waals surface area contributed by atoms with Gasteiger partial charge in [-0.25, -0.2) is 4.98 Å². The number of H-pyrrole nitrogens is 1. The van der Waals surface area contributed by atoms with E-state index >= 15 is 0 Å². The van der Waals surface area contributed by atoms with E-state index in [-0.39, 0.29) is 17.4 Å². The Bertz CT molecular complexity index is 616. The molecule has 0 atom stereocenters. The molecule has 0 aliphatic carbocycles. The van der Waals surface area contributed by atoms with Crippen molar-refractivity contribution in [2.45, 2.75) is 13.8 Å². The lowest BCUT2D eigenvalue weighted by molar-refractivity contribution is -0.114. The van der Waals surface area contributed by atoms with Gasteiger partial charge in [-0.1, -0.05) is 11.6 Å². The fraction of sp³-hybridized carbons (Fsp3) is 0.182. The molecule has 5 heteroatoms. The van der Waals surface area contributed by atoms with Gasteiger partial charge in [-0.3, -0.25) is 19.9 Å². The molecule has 1 heterocycles. The first-order valence-electron chi connectivity index (χ1n) is 4.84. The van der Waals surface area contributed by atoms with E-state index in [1.165, 1.54) is 6.92 Å². The Balaban J connectivity index is 2.64. The Kier molecular flexibility index (Phi) is 2.44. The minimum atomic E-state index is -0.269. The second-order valence-electron chi connectivity index (χ2n) is 3.62. The highest BCUT2D eigenvalue weighted by atomic mass is 16.1. The van der Waals surface area contributed by atoms with Crippen LogP contribution in [0.1, 0.15) is 12.5 Å². The first-order chi connectivity index (χ1) is 7.56. The Morgan fingerprint density at radius 2 is 2.19 bits per heavy atom. The number of fused-ring (bicyclic) bond motifs is 1. The lowest BCUT2D eigenvalue weighted by Gasteiger charge is -2.03. The SMILES string of the molecule is CC(=O)Nc1nc2ccc(C)cc2c(=O)[nH]1. The van der Waals surface area contributed by atoms with Crippen LogP contribution in [0.5, 0.6) is 0 Å². The number of carbonyl (C=O) groups is 1. The third kappa shape index (κ3) is 1.93. The van der Waals surface area contributed by atoms with Gasteiger partial charge in [-0.05, 0) is 19.1 Å². The summed E-state index contributed by atoms with van der Waals surface area (Å²) in [4.78, 5) is 29.2. The van der Waals surface area contributed by atoms with Gasteiger partial charge in [-0.2, -0.15) is 0 Å². The average molecular weight is 217 g/mol. The number of nitrogens with one attached hydrogen (secondary N) is 2. The van der Waals surface area contributed by atoms with Crippen LogP contribution in [-0.2, 0) is 4.79 Å². The number of aryl methyl sites for hydroxylation is 1. The Morgan fingerprint density at radius 1 is 1.44 bits per heavy atom. The van der Waals surface area contributed by atoms with Crippen molar-refractivity contribution in [3.8, 4) is 0 Å². The Morgan fingerprint density at radius 3 is 2.88 bits per heavy atom. The van der Waals surface area contributed by atoms with E-state index in [2.05, 4.69) is 15.3 Å². The molecule has 0 saturated carbocycles. The summed E-state index contributed by atoms with van der Waals surface area (Å²) in [5.74, 6) is -0.0940. The van der Waals surface area contributed by atoms with Gasteiger partial charge < -0.3 is 0 Å². The van der Waals surface area contributed by atoms with Crippen molar-refractivity contribution in [1.82, 2.24) is 9.97 Å². The topological polar surface area (TPSA) is 74.8 Å². The number of nitrogens with zero attached hydrogens (tertiary/aromatic N) is 1. The third-order valence-corrected chi connectivity index (χ3v) is 2.16. The van der Waals surface area contributed by atoms with Crippen LogP contribution in [-0.4, -0.2) is 15.9 Å². The van der Waals surface area contributed by atoms with Crippen LogP contribution >= 0.6 is 0 Å². The van der Waals surface area contributed by atoms with Gasteiger partial charge in [0.15, 0.2) is 0 Å². The van der Waals surface area contributed by atoms with Gasteiger partial charge in [-0.15, -0.1) is 0 Å². The molecule has 0 unspecified atom stereocenters. The molecule has 0 spiro atoms. The molecule has 1 aromatic carbocycles. The second-order valence-corrected chi connectivity index (χ2v) is 3.62. The Hall–Kier alpha value is -2.17. The van der Waals surface area contributed by atoms with Crippen molar-refractivity contribution in [3.05, 3.63) is 34.1 Å². The molecule has 0 radical (unpaired) electrons. The molecule has 2 aromatic rings. The molecule has 82 valence electrons. The van der Waals surface area contributed by atoms with Crippen LogP contribution in [0.3, 0.4) is 0 Å². The summed E-state index contributed by atoms with van der Waals surface area (Å²) in [5, 5.41) is 2.97. The van der Waals surface area contributed by atoms with Crippen LogP contribution in [0.4, 0.5) is 5.95 Å². The molecule has 5 nitrogen and oxygen atoms in total. The number of amides is 1. The standard InChI is InChI=1S/C11H11N3O2/c1-6-3-4-9-8(5-6)10(16)14-11(13-9)12-7(2)15/h3-5H,1-2H3,(H2,12,13,14,15,16). The van der Waals surface area contributed by atoms with Crippen molar-refractivity contribution in [2.75, 3.05) is 5.32 Å². The minimum Gasteiger partial charge on any atom is -0.296 e. The highest BCUT2D eigenvalue weighted by Gasteiger charge is 2.04. The summed E-state index contributed by atoms with van der Waals surface area (Å²) in [5.41, 5.74) is 1.31. The van der Waals surface area contributed by atoms with Crippen molar-refractivity contribution < 1.29 is 4.79 Å². The van der Waals surface area contributed by atoms with Gasteiger partial charge in [0.05, 0.1) is 10.9 Å². The molecule has 0 bridgehead atoms. The maximum Gasteiger partial charge on any atom is 0.260 e. The predicted octanol–water partition coefficient (Wildman–Crippen LogP) is 1.19. The summed E-state index contributed by atoms with van der Waals surface area (Å²) in [6.07, 6.45) is 0. The summed E-state index contributed by atoms with van der Waals surface area (Å²) in [6, 6.07) is 5.39. The summed E-state index contributed by atoms with van der Waals surface area (Å²) in [7, 11) is 0. The first kappa shape index (κ1) is 10.4.